The molecular formula is C11H16N4O4. The van der Waals surface area contributed by atoms with Crippen LogP contribution in [-0.2, 0) is 16.1 Å². The van der Waals surface area contributed by atoms with E-state index in [4.69, 9.17) is 9.84 Å². The van der Waals surface area contributed by atoms with Crippen molar-refractivity contribution in [2.24, 2.45) is 5.92 Å². The first kappa shape index (κ1) is 13.5. The number of rotatable bonds is 5. The average Bonchev–Trinajstić information content (AvgIpc) is 2.98. The number of aromatic carboxylic acids is 1. The van der Waals surface area contributed by atoms with Crippen molar-refractivity contribution in [2.45, 2.75) is 25.9 Å². The first-order valence-corrected chi connectivity index (χ1v) is 6.07. The molecule has 1 aromatic heterocycles. The van der Waals surface area contributed by atoms with Crippen LogP contribution in [0.25, 0.3) is 0 Å². The van der Waals surface area contributed by atoms with E-state index in [-0.39, 0.29) is 24.2 Å². The molecule has 1 fully saturated rings. The lowest BCUT2D eigenvalue weighted by atomic mass is 10.0. The maximum absolute atomic E-state index is 11.8. The molecule has 8 heteroatoms. The highest BCUT2D eigenvalue weighted by molar-refractivity contribution is 5.84. The van der Waals surface area contributed by atoms with E-state index in [9.17, 15) is 9.59 Å². The third-order valence-electron chi connectivity index (χ3n) is 3.12. The van der Waals surface area contributed by atoms with Crippen LogP contribution >= 0.6 is 0 Å². The summed E-state index contributed by atoms with van der Waals surface area (Å²) < 4.78 is 6.47. The number of nitrogens with one attached hydrogen (secondary N) is 1. The number of nitrogens with zero attached hydrogens (tertiary/aromatic N) is 3. The summed E-state index contributed by atoms with van der Waals surface area (Å²) in [6.45, 7) is 3.28. The lowest BCUT2D eigenvalue weighted by molar-refractivity contribution is -0.122. The van der Waals surface area contributed by atoms with E-state index in [1.165, 1.54) is 10.9 Å². The Balaban J connectivity index is 1.84. The van der Waals surface area contributed by atoms with Gasteiger partial charge in [-0.1, -0.05) is 5.21 Å². The fourth-order valence-corrected chi connectivity index (χ4v) is 1.99. The molecule has 19 heavy (non-hydrogen) atoms. The van der Waals surface area contributed by atoms with E-state index < -0.39 is 5.97 Å². The third-order valence-corrected chi connectivity index (χ3v) is 3.12. The van der Waals surface area contributed by atoms with E-state index in [2.05, 4.69) is 15.6 Å². The molecule has 0 saturated carbocycles. The highest BCUT2D eigenvalue weighted by Crippen LogP contribution is 2.16. The van der Waals surface area contributed by atoms with Gasteiger partial charge in [-0.15, -0.1) is 5.10 Å². The first-order chi connectivity index (χ1) is 9.06. The monoisotopic (exact) mass is 268 g/mol. The third kappa shape index (κ3) is 3.50. The molecule has 8 nitrogen and oxygen atoms in total. The second kappa shape index (κ2) is 5.79. The zero-order chi connectivity index (χ0) is 13.8. The number of ether oxygens (including phenoxy) is 1. The second-order valence-corrected chi connectivity index (χ2v) is 4.59. The SMILES string of the molecule is CC(NC(=O)Cn1cc(C(=O)O)nn1)C1CCOC1. The van der Waals surface area contributed by atoms with E-state index in [0.29, 0.717) is 12.5 Å². The zero-order valence-corrected chi connectivity index (χ0v) is 10.6. The van der Waals surface area contributed by atoms with E-state index in [0.717, 1.165) is 13.0 Å². The van der Waals surface area contributed by atoms with Crippen LogP contribution in [0.15, 0.2) is 6.20 Å². The first-order valence-electron chi connectivity index (χ1n) is 6.07. The van der Waals surface area contributed by atoms with Crippen LogP contribution in [0.3, 0.4) is 0 Å². The van der Waals surface area contributed by atoms with Crippen molar-refractivity contribution < 1.29 is 19.4 Å². The molecule has 2 unspecified atom stereocenters. The number of hydrogen-bond donors (Lipinski definition) is 2. The molecule has 0 spiro atoms. The Bertz CT molecular complexity index is 467. The largest absolute Gasteiger partial charge is 0.476 e. The lowest BCUT2D eigenvalue weighted by Crippen LogP contribution is -2.40. The van der Waals surface area contributed by atoms with Crippen molar-refractivity contribution >= 4 is 11.9 Å². The molecule has 2 atom stereocenters. The van der Waals surface area contributed by atoms with Crippen LogP contribution in [0.1, 0.15) is 23.8 Å². The van der Waals surface area contributed by atoms with Gasteiger partial charge >= 0.3 is 5.97 Å². The van der Waals surface area contributed by atoms with Gasteiger partial charge in [-0.25, -0.2) is 9.48 Å². The van der Waals surface area contributed by atoms with Crippen molar-refractivity contribution in [1.82, 2.24) is 20.3 Å². The number of aromatic nitrogens is 3. The Kier molecular flexibility index (Phi) is 4.10. The van der Waals surface area contributed by atoms with Gasteiger partial charge in [0.15, 0.2) is 5.69 Å². The van der Waals surface area contributed by atoms with E-state index in [1.54, 1.807) is 0 Å². The molecule has 1 saturated heterocycles. The van der Waals surface area contributed by atoms with Gasteiger partial charge in [0.05, 0.1) is 12.8 Å². The van der Waals surface area contributed by atoms with Crippen molar-refractivity contribution in [3.63, 3.8) is 0 Å². The minimum Gasteiger partial charge on any atom is -0.476 e. The summed E-state index contributed by atoms with van der Waals surface area (Å²) in [5.74, 6) is -1.06. The molecule has 1 amide bonds. The highest BCUT2D eigenvalue weighted by atomic mass is 16.5. The van der Waals surface area contributed by atoms with Crippen molar-refractivity contribution in [1.29, 1.82) is 0 Å². The Morgan fingerprint density at radius 3 is 3.05 bits per heavy atom. The van der Waals surface area contributed by atoms with Gasteiger partial charge in [-0.3, -0.25) is 4.79 Å². The van der Waals surface area contributed by atoms with E-state index >= 15 is 0 Å². The van der Waals surface area contributed by atoms with Gasteiger partial charge in [-0.2, -0.15) is 0 Å². The molecular weight excluding hydrogens is 252 g/mol. The maximum atomic E-state index is 11.8. The summed E-state index contributed by atoms with van der Waals surface area (Å²) in [5.41, 5.74) is -0.176. The molecule has 1 aliphatic rings. The molecule has 2 rings (SSSR count). The van der Waals surface area contributed by atoms with Gasteiger partial charge in [0.1, 0.15) is 6.54 Å². The molecule has 0 bridgehead atoms. The minimum atomic E-state index is -1.16. The number of carboxylic acids is 1. The topological polar surface area (TPSA) is 106 Å². The Hall–Kier alpha value is -1.96. The van der Waals surface area contributed by atoms with Gasteiger partial charge in [0.2, 0.25) is 5.91 Å². The fourth-order valence-electron chi connectivity index (χ4n) is 1.99. The summed E-state index contributed by atoms with van der Waals surface area (Å²) in [7, 11) is 0. The van der Waals surface area contributed by atoms with Crippen LogP contribution in [0.2, 0.25) is 0 Å². The van der Waals surface area contributed by atoms with Gasteiger partial charge in [-0.05, 0) is 13.3 Å². The summed E-state index contributed by atoms with van der Waals surface area (Å²) in [6.07, 6.45) is 2.17. The standard InChI is InChI=1S/C11H16N4O4/c1-7(8-2-3-19-6-8)12-10(16)5-15-4-9(11(17)18)13-14-15/h4,7-8H,2-3,5-6H2,1H3,(H,12,16)(H,17,18). The predicted octanol–water partition coefficient (Wildman–Crippen LogP) is -0.482. The Morgan fingerprint density at radius 2 is 2.47 bits per heavy atom. The zero-order valence-electron chi connectivity index (χ0n) is 10.6. The number of hydrogen-bond acceptors (Lipinski definition) is 5. The van der Waals surface area contributed by atoms with Gasteiger partial charge in [0, 0.05) is 18.6 Å². The maximum Gasteiger partial charge on any atom is 0.358 e. The van der Waals surface area contributed by atoms with E-state index in [1.807, 2.05) is 6.92 Å². The van der Waals surface area contributed by atoms with Gasteiger partial charge < -0.3 is 15.2 Å². The van der Waals surface area contributed by atoms with Crippen LogP contribution in [0.5, 0.6) is 0 Å². The molecule has 2 heterocycles. The molecule has 1 aromatic rings. The minimum absolute atomic E-state index is 0.0254. The molecule has 104 valence electrons. The molecule has 0 aromatic carbocycles. The normalized spacial score (nSPS) is 20.2. The molecule has 1 aliphatic heterocycles. The lowest BCUT2D eigenvalue weighted by Gasteiger charge is -2.18. The molecule has 0 aliphatic carbocycles. The Labute approximate surface area is 109 Å². The van der Waals surface area contributed by atoms with Crippen molar-refractivity contribution in [2.75, 3.05) is 13.2 Å². The number of carboxylic acid groups (broad SMARTS) is 1. The smallest absolute Gasteiger partial charge is 0.358 e. The number of amides is 1. The van der Waals surface area contributed by atoms with Crippen molar-refractivity contribution in [3.8, 4) is 0 Å². The summed E-state index contributed by atoms with van der Waals surface area (Å²) in [4.78, 5) is 22.4. The molecule has 2 N–H and O–H groups in total. The highest BCUT2D eigenvalue weighted by Gasteiger charge is 2.23. The van der Waals surface area contributed by atoms with Gasteiger partial charge in [0.25, 0.3) is 0 Å². The number of carbonyl (C=O) groups excluding carboxylic acids is 1. The van der Waals surface area contributed by atoms with Crippen LogP contribution < -0.4 is 5.32 Å². The predicted molar refractivity (Wildman–Crippen MR) is 63.5 cm³/mol. The van der Waals surface area contributed by atoms with Crippen molar-refractivity contribution in [3.05, 3.63) is 11.9 Å². The Morgan fingerprint density at radius 1 is 1.68 bits per heavy atom. The molecule has 0 radical (unpaired) electrons. The summed E-state index contributed by atoms with van der Waals surface area (Å²) in [6, 6.07) is 0.0254. The number of carbonyl (C=O) groups is 2. The van der Waals surface area contributed by atoms with Crippen LogP contribution in [-0.4, -0.2) is 51.2 Å². The van der Waals surface area contributed by atoms with Crippen LogP contribution in [0.4, 0.5) is 0 Å². The fraction of sp³-hybridized carbons (Fsp3) is 0.636. The quantitative estimate of drug-likeness (QED) is 0.747. The summed E-state index contributed by atoms with van der Waals surface area (Å²) >= 11 is 0. The summed E-state index contributed by atoms with van der Waals surface area (Å²) in [5, 5.41) is 18.6. The van der Waals surface area contributed by atoms with Crippen LogP contribution in [0, 0.1) is 5.92 Å². The average molecular weight is 268 g/mol. The second-order valence-electron chi connectivity index (χ2n) is 4.59.